The fraction of sp³-hybridized carbons (Fsp3) is 0.905. The number of carbonyl (C=O) groups is 2. The van der Waals surface area contributed by atoms with Gasteiger partial charge < -0.3 is 64.9 Å². The SMILES string of the molecule is CC1(C)CC[C@]2(C(=O)O[C@H]3O[C@H](CO)[C@H](O)[C@H](O)[C@H]3O)CC[C@]3(C)C(=CC[C@H]4[C@@]5(C)CC[C@H](O[C@@H]6O[C@H](CO)[C@H](O)[C@H](O)[C@H]6O)[C@@](C)(C(=O)O)[C@@H]5CC[C@]43C)[C@H]2C1. The van der Waals surface area contributed by atoms with Crippen molar-refractivity contribution in [3.8, 4) is 0 Å². The normalized spacial score (nSPS) is 53.3. The summed E-state index contributed by atoms with van der Waals surface area (Å²) in [7, 11) is 0. The fourth-order valence-corrected chi connectivity index (χ4v) is 13.5. The van der Waals surface area contributed by atoms with E-state index in [1.54, 1.807) is 6.92 Å². The van der Waals surface area contributed by atoms with E-state index in [1.165, 1.54) is 5.57 Å². The average molecular weight is 811 g/mol. The maximum absolute atomic E-state index is 14.6. The van der Waals surface area contributed by atoms with Gasteiger partial charge in [-0.3, -0.25) is 9.59 Å². The molecule has 324 valence electrons. The first-order valence-corrected chi connectivity index (χ1v) is 21.0. The standard InChI is InChI=1S/C42H66O15/c1-37(2)13-15-42(36(53)57-34-32(50)30(48)28(46)23(19-44)55-34)16-14-39(4)20(21(42)17-37)7-8-24-38(3)11-10-26(41(6,35(51)52)25(38)9-12-40(24,39)5)56-33-31(49)29(47)27(45)22(18-43)54-33/h7,21-34,43-50H,8-19H2,1-6H3,(H,51,52)/t21-,22-,23-,24+,25-,26+,27+,28+,29+,30+,31-,32-,33+,34-,38-,39-,40-,41+,42+/m1/s1. The summed E-state index contributed by atoms with van der Waals surface area (Å²) in [4.78, 5) is 28.1. The minimum atomic E-state index is -1.70. The molecule has 7 rings (SSSR count). The van der Waals surface area contributed by atoms with Gasteiger partial charge in [-0.15, -0.1) is 0 Å². The lowest BCUT2D eigenvalue weighted by Gasteiger charge is -2.71. The third-order valence-electron chi connectivity index (χ3n) is 17.3. The zero-order valence-corrected chi connectivity index (χ0v) is 34.1. The smallest absolute Gasteiger partial charge is 0.315 e. The van der Waals surface area contributed by atoms with Gasteiger partial charge in [0, 0.05) is 0 Å². The molecule has 6 fully saturated rings. The Hall–Kier alpha value is -1.76. The highest BCUT2D eigenvalue weighted by atomic mass is 16.7. The number of hydrogen-bond donors (Lipinski definition) is 9. The van der Waals surface area contributed by atoms with Crippen LogP contribution in [0.15, 0.2) is 11.6 Å². The highest BCUT2D eigenvalue weighted by Gasteiger charge is 2.71. The first-order chi connectivity index (χ1) is 26.6. The van der Waals surface area contributed by atoms with Crippen LogP contribution in [0.4, 0.5) is 0 Å². The van der Waals surface area contributed by atoms with Crippen LogP contribution < -0.4 is 0 Å². The molecule has 9 N–H and O–H groups in total. The number of aliphatic carboxylic acids is 1. The second-order valence-corrected chi connectivity index (χ2v) is 20.4. The topological polar surface area (TPSA) is 253 Å². The van der Waals surface area contributed by atoms with Crippen molar-refractivity contribution in [1.82, 2.24) is 0 Å². The third kappa shape index (κ3) is 6.30. The number of carboxylic acids is 1. The van der Waals surface area contributed by atoms with Crippen LogP contribution in [0.5, 0.6) is 0 Å². The summed E-state index contributed by atoms with van der Waals surface area (Å²) in [5.74, 6) is -1.98. The average Bonchev–Trinajstić information content (AvgIpc) is 3.16. The molecule has 0 aromatic rings. The molecule has 0 amide bonds. The zero-order valence-electron chi connectivity index (χ0n) is 34.1. The van der Waals surface area contributed by atoms with Crippen LogP contribution in [0, 0.1) is 50.2 Å². The van der Waals surface area contributed by atoms with Crippen LogP contribution in [-0.2, 0) is 28.5 Å². The summed E-state index contributed by atoms with van der Waals surface area (Å²) in [6.07, 6.45) is -7.58. The van der Waals surface area contributed by atoms with Gasteiger partial charge >= 0.3 is 11.9 Å². The minimum Gasteiger partial charge on any atom is -0.481 e. The Bertz CT molecular complexity index is 1580. The monoisotopic (exact) mass is 810 g/mol. The number of fused-ring (bicyclic) bond motifs is 7. The van der Waals surface area contributed by atoms with E-state index >= 15 is 0 Å². The second kappa shape index (κ2) is 14.7. The summed E-state index contributed by atoms with van der Waals surface area (Å²) < 4.78 is 23.5. The Morgan fingerprint density at radius 3 is 1.89 bits per heavy atom. The van der Waals surface area contributed by atoms with Crippen LogP contribution in [0.25, 0.3) is 0 Å². The number of carboxylic acid groups (broad SMARTS) is 1. The summed E-state index contributed by atoms with van der Waals surface area (Å²) in [5.41, 5.74) is -2.26. The van der Waals surface area contributed by atoms with Gasteiger partial charge in [0.2, 0.25) is 6.29 Å². The van der Waals surface area contributed by atoms with Crippen LogP contribution >= 0.6 is 0 Å². The van der Waals surface area contributed by atoms with Crippen molar-refractivity contribution in [1.29, 1.82) is 0 Å². The number of aliphatic hydroxyl groups is 8. The number of allylic oxidation sites excluding steroid dienone is 2. The summed E-state index contributed by atoms with van der Waals surface area (Å²) in [5, 5.41) is 93.7. The van der Waals surface area contributed by atoms with Gasteiger partial charge in [-0.1, -0.05) is 46.3 Å². The lowest BCUT2D eigenvalue weighted by Crippen LogP contribution is -2.67. The van der Waals surface area contributed by atoms with E-state index < -0.39 is 109 Å². The molecule has 15 nitrogen and oxygen atoms in total. The molecule has 57 heavy (non-hydrogen) atoms. The molecule has 2 heterocycles. The van der Waals surface area contributed by atoms with E-state index in [4.69, 9.17) is 18.9 Å². The first-order valence-electron chi connectivity index (χ1n) is 21.0. The van der Waals surface area contributed by atoms with Crippen LogP contribution in [0.3, 0.4) is 0 Å². The molecular weight excluding hydrogens is 744 g/mol. The maximum Gasteiger partial charge on any atom is 0.315 e. The fourth-order valence-electron chi connectivity index (χ4n) is 13.5. The molecule has 2 aliphatic heterocycles. The molecule has 0 aromatic carbocycles. The molecule has 0 radical (unpaired) electrons. The van der Waals surface area contributed by atoms with Gasteiger partial charge in [0.25, 0.3) is 0 Å². The Kier molecular flexibility index (Phi) is 11.2. The number of carbonyl (C=O) groups excluding carboxylic acids is 1. The first kappa shape index (κ1) is 43.3. The Morgan fingerprint density at radius 1 is 0.719 bits per heavy atom. The highest BCUT2D eigenvalue weighted by Crippen LogP contribution is 2.76. The molecule has 7 aliphatic rings. The molecule has 15 heteroatoms. The quantitative estimate of drug-likeness (QED) is 0.100. The molecule has 0 spiro atoms. The van der Waals surface area contributed by atoms with Crippen LogP contribution in [0.1, 0.15) is 106 Å². The maximum atomic E-state index is 14.6. The van der Waals surface area contributed by atoms with Crippen molar-refractivity contribution >= 4 is 11.9 Å². The predicted octanol–water partition coefficient (Wildman–Crippen LogP) is 1.38. The molecule has 0 bridgehead atoms. The van der Waals surface area contributed by atoms with E-state index in [1.807, 2.05) is 0 Å². The van der Waals surface area contributed by atoms with Crippen molar-refractivity contribution < 1.29 is 74.5 Å². The van der Waals surface area contributed by atoms with Crippen molar-refractivity contribution in [2.45, 2.75) is 173 Å². The Morgan fingerprint density at radius 2 is 1.30 bits per heavy atom. The van der Waals surface area contributed by atoms with Crippen molar-refractivity contribution in [3.63, 3.8) is 0 Å². The summed E-state index contributed by atoms with van der Waals surface area (Å²) in [6.45, 7) is 11.7. The summed E-state index contributed by atoms with van der Waals surface area (Å²) >= 11 is 0. The lowest BCUT2D eigenvalue weighted by atomic mass is 9.33. The van der Waals surface area contributed by atoms with Crippen molar-refractivity contribution in [2.24, 2.45) is 50.2 Å². The van der Waals surface area contributed by atoms with Crippen LogP contribution in [0.2, 0.25) is 0 Å². The second-order valence-electron chi connectivity index (χ2n) is 20.4. The van der Waals surface area contributed by atoms with Crippen molar-refractivity contribution in [3.05, 3.63) is 11.6 Å². The minimum absolute atomic E-state index is 0.0783. The predicted molar refractivity (Wildman–Crippen MR) is 200 cm³/mol. The third-order valence-corrected chi connectivity index (χ3v) is 17.3. The highest BCUT2D eigenvalue weighted by molar-refractivity contribution is 5.79. The largest absolute Gasteiger partial charge is 0.481 e. The molecular formula is C42H66O15. The van der Waals surface area contributed by atoms with Gasteiger partial charge in [-0.2, -0.15) is 0 Å². The van der Waals surface area contributed by atoms with E-state index in [0.717, 1.165) is 19.3 Å². The van der Waals surface area contributed by atoms with Gasteiger partial charge in [-0.05, 0) is 111 Å². The Labute approximate surface area is 334 Å². The number of aliphatic hydroxyl groups excluding tert-OH is 8. The van der Waals surface area contributed by atoms with E-state index in [0.29, 0.717) is 44.9 Å². The lowest BCUT2D eigenvalue weighted by molar-refractivity contribution is -0.329. The van der Waals surface area contributed by atoms with E-state index in [-0.39, 0.29) is 34.0 Å². The summed E-state index contributed by atoms with van der Waals surface area (Å²) in [6, 6.07) is 0. The Balaban J connectivity index is 1.19. The number of rotatable bonds is 7. The van der Waals surface area contributed by atoms with Crippen molar-refractivity contribution in [2.75, 3.05) is 13.2 Å². The van der Waals surface area contributed by atoms with Gasteiger partial charge in [0.15, 0.2) is 6.29 Å². The number of ether oxygens (including phenoxy) is 4. The van der Waals surface area contributed by atoms with Gasteiger partial charge in [0.05, 0.1) is 30.1 Å². The molecule has 5 aliphatic carbocycles. The van der Waals surface area contributed by atoms with E-state index in [9.17, 15) is 55.5 Å². The van der Waals surface area contributed by atoms with E-state index in [2.05, 4.69) is 40.7 Å². The molecule has 2 saturated heterocycles. The molecule has 0 unspecified atom stereocenters. The van der Waals surface area contributed by atoms with Gasteiger partial charge in [0.1, 0.15) is 48.8 Å². The number of esters is 1. The molecule has 0 aromatic heterocycles. The van der Waals surface area contributed by atoms with Gasteiger partial charge in [-0.25, -0.2) is 0 Å². The zero-order chi connectivity index (χ0) is 41.8. The molecule has 4 saturated carbocycles. The molecule has 19 atom stereocenters. The van der Waals surface area contributed by atoms with Crippen LogP contribution in [-0.4, -0.2) is 139 Å². The number of hydrogen-bond acceptors (Lipinski definition) is 14.